The Labute approximate surface area is 205 Å². The van der Waals surface area contributed by atoms with E-state index in [1.165, 1.54) is 27.0 Å². The van der Waals surface area contributed by atoms with Crippen molar-refractivity contribution in [2.75, 3.05) is 31.1 Å². The maximum absolute atomic E-state index is 13.0. The van der Waals surface area contributed by atoms with Crippen molar-refractivity contribution in [1.29, 1.82) is 0 Å². The van der Waals surface area contributed by atoms with Crippen LogP contribution in [0, 0.1) is 20.8 Å². The Morgan fingerprint density at radius 3 is 2.29 bits per heavy atom. The first-order valence-electron chi connectivity index (χ1n) is 11.9. The van der Waals surface area contributed by atoms with E-state index in [4.69, 9.17) is 9.97 Å². The molecule has 5 rings (SSSR count). The van der Waals surface area contributed by atoms with Gasteiger partial charge in [-0.05, 0) is 50.5 Å². The Hall–Kier alpha value is -3.25. The van der Waals surface area contributed by atoms with E-state index in [1.807, 2.05) is 42.2 Å². The molecular formula is C28H30N4OS. The molecule has 0 aliphatic carbocycles. The molecule has 1 aliphatic rings. The highest BCUT2D eigenvalue weighted by molar-refractivity contribution is 7.18. The number of thiophene rings is 1. The van der Waals surface area contributed by atoms with Crippen LogP contribution in [0.25, 0.3) is 10.2 Å². The lowest BCUT2D eigenvalue weighted by atomic mass is 10.1. The Morgan fingerprint density at radius 1 is 0.882 bits per heavy atom. The van der Waals surface area contributed by atoms with Crippen molar-refractivity contribution in [3.63, 3.8) is 0 Å². The van der Waals surface area contributed by atoms with Gasteiger partial charge in [-0.25, -0.2) is 9.97 Å². The molecule has 34 heavy (non-hydrogen) atoms. The molecule has 0 bridgehead atoms. The summed E-state index contributed by atoms with van der Waals surface area (Å²) in [6, 6.07) is 18.4. The third-order valence-electron chi connectivity index (χ3n) is 6.70. The van der Waals surface area contributed by atoms with Crippen LogP contribution in [-0.2, 0) is 12.8 Å². The number of aryl methyl sites for hydroxylation is 5. The van der Waals surface area contributed by atoms with E-state index in [-0.39, 0.29) is 5.91 Å². The highest BCUT2D eigenvalue weighted by Crippen LogP contribution is 2.35. The number of piperazine rings is 1. The fraction of sp³-hybridized carbons (Fsp3) is 0.321. The first kappa shape index (κ1) is 22.5. The van der Waals surface area contributed by atoms with Crippen molar-refractivity contribution in [3.8, 4) is 0 Å². The lowest BCUT2D eigenvalue weighted by Gasteiger charge is -2.36. The number of carbonyl (C=O) groups is 1. The number of aromatic nitrogens is 2. The summed E-state index contributed by atoms with van der Waals surface area (Å²) in [5, 5.41) is 1.17. The number of hydrogen-bond acceptors (Lipinski definition) is 5. The summed E-state index contributed by atoms with van der Waals surface area (Å²) in [7, 11) is 0. The van der Waals surface area contributed by atoms with Gasteiger partial charge in [0.2, 0.25) is 0 Å². The minimum atomic E-state index is 0.110. The van der Waals surface area contributed by atoms with Crippen molar-refractivity contribution >= 4 is 33.3 Å². The van der Waals surface area contributed by atoms with Crippen LogP contribution < -0.4 is 4.90 Å². The van der Waals surface area contributed by atoms with Crippen molar-refractivity contribution in [2.24, 2.45) is 0 Å². The Balaban J connectivity index is 1.37. The molecule has 0 saturated carbocycles. The predicted octanol–water partition coefficient (Wildman–Crippen LogP) is 5.36. The number of benzene rings is 2. The maximum Gasteiger partial charge on any atom is 0.253 e. The molecule has 0 atom stereocenters. The van der Waals surface area contributed by atoms with Crippen LogP contribution in [0.5, 0.6) is 0 Å². The smallest absolute Gasteiger partial charge is 0.253 e. The molecule has 5 nitrogen and oxygen atoms in total. The number of anilines is 1. The topological polar surface area (TPSA) is 49.3 Å². The van der Waals surface area contributed by atoms with Gasteiger partial charge < -0.3 is 9.80 Å². The summed E-state index contributed by atoms with van der Waals surface area (Å²) < 4.78 is 0. The van der Waals surface area contributed by atoms with Gasteiger partial charge in [-0.2, -0.15) is 0 Å². The van der Waals surface area contributed by atoms with Crippen LogP contribution in [-0.4, -0.2) is 47.0 Å². The first-order chi connectivity index (χ1) is 16.5. The molecule has 1 saturated heterocycles. The number of amides is 1. The highest BCUT2D eigenvalue weighted by atomic mass is 32.1. The molecule has 0 unspecified atom stereocenters. The quantitative estimate of drug-likeness (QED) is 0.394. The van der Waals surface area contributed by atoms with Crippen LogP contribution in [0.3, 0.4) is 0 Å². The summed E-state index contributed by atoms with van der Waals surface area (Å²) in [5.74, 6) is 2.03. The number of carbonyl (C=O) groups excluding carboxylic acids is 1. The fourth-order valence-corrected chi connectivity index (χ4v) is 5.56. The Morgan fingerprint density at radius 2 is 1.59 bits per heavy atom. The van der Waals surface area contributed by atoms with E-state index < -0.39 is 0 Å². The summed E-state index contributed by atoms with van der Waals surface area (Å²) in [4.78, 5) is 29.6. The third-order valence-corrected chi connectivity index (χ3v) is 7.80. The molecule has 1 aliphatic heterocycles. The van der Waals surface area contributed by atoms with E-state index >= 15 is 0 Å². The molecule has 1 fully saturated rings. The van der Waals surface area contributed by atoms with Gasteiger partial charge in [-0.3, -0.25) is 4.79 Å². The minimum absolute atomic E-state index is 0.110. The van der Waals surface area contributed by atoms with Gasteiger partial charge >= 0.3 is 0 Å². The highest BCUT2D eigenvalue weighted by Gasteiger charge is 2.26. The number of rotatable bonds is 5. The molecule has 174 valence electrons. The summed E-state index contributed by atoms with van der Waals surface area (Å²) in [5.41, 5.74) is 4.49. The predicted molar refractivity (Wildman–Crippen MR) is 140 cm³/mol. The number of hydrogen-bond donors (Lipinski definition) is 0. The van der Waals surface area contributed by atoms with E-state index in [1.54, 1.807) is 11.3 Å². The Kier molecular flexibility index (Phi) is 6.33. The Bertz CT molecular complexity index is 1310. The molecule has 3 heterocycles. The molecule has 0 radical (unpaired) electrons. The van der Waals surface area contributed by atoms with E-state index in [2.05, 4.69) is 43.0 Å². The molecule has 4 aromatic rings. The molecule has 2 aromatic heterocycles. The van der Waals surface area contributed by atoms with Crippen LogP contribution in [0.15, 0.2) is 54.6 Å². The van der Waals surface area contributed by atoms with Gasteiger partial charge in [0, 0.05) is 43.0 Å². The molecule has 2 aromatic carbocycles. The number of nitrogens with zero attached hydrogens (tertiary/aromatic N) is 4. The van der Waals surface area contributed by atoms with Crippen molar-refractivity contribution < 1.29 is 4.79 Å². The average Bonchev–Trinajstić information content (AvgIpc) is 3.16. The summed E-state index contributed by atoms with van der Waals surface area (Å²) >= 11 is 1.75. The SMILES string of the molecule is Cc1ccc(C(=O)N2CCN(c3nc(CCc4ccccc4)nc4sc(C)c(C)c34)CC2)cc1. The van der Waals surface area contributed by atoms with Gasteiger partial charge in [-0.1, -0.05) is 48.0 Å². The molecule has 1 amide bonds. The third kappa shape index (κ3) is 4.55. The molecule has 0 N–H and O–H groups in total. The van der Waals surface area contributed by atoms with Gasteiger partial charge in [0.25, 0.3) is 5.91 Å². The van der Waals surface area contributed by atoms with Gasteiger partial charge in [0.05, 0.1) is 5.39 Å². The fourth-order valence-electron chi connectivity index (χ4n) is 4.51. The average molecular weight is 471 g/mol. The maximum atomic E-state index is 13.0. The van der Waals surface area contributed by atoms with Gasteiger partial charge in [0.1, 0.15) is 16.5 Å². The standard InChI is InChI=1S/C28H30N4OS/c1-19-9-12-23(13-10-19)28(33)32-17-15-31(16-18-32)26-25-20(2)21(3)34-27(25)30-24(29-26)14-11-22-7-5-4-6-8-22/h4-10,12-13H,11,14-18H2,1-3H3. The van der Waals surface area contributed by atoms with Crippen LogP contribution in [0.4, 0.5) is 5.82 Å². The zero-order chi connectivity index (χ0) is 23.7. The van der Waals surface area contributed by atoms with Crippen LogP contribution >= 0.6 is 11.3 Å². The van der Waals surface area contributed by atoms with Gasteiger partial charge in [0.15, 0.2) is 0 Å². The lowest BCUT2D eigenvalue weighted by Crippen LogP contribution is -2.49. The molecule has 6 heteroatoms. The zero-order valence-corrected chi connectivity index (χ0v) is 20.9. The normalized spacial score (nSPS) is 14.1. The van der Waals surface area contributed by atoms with E-state index in [0.29, 0.717) is 13.1 Å². The van der Waals surface area contributed by atoms with Gasteiger partial charge in [-0.15, -0.1) is 11.3 Å². The number of fused-ring (bicyclic) bond motifs is 1. The lowest BCUT2D eigenvalue weighted by molar-refractivity contribution is 0.0746. The second kappa shape index (κ2) is 9.55. The largest absolute Gasteiger partial charge is 0.352 e. The molecule has 0 spiro atoms. The van der Waals surface area contributed by atoms with Crippen LogP contribution in [0.1, 0.15) is 37.7 Å². The monoisotopic (exact) mass is 470 g/mol. The van der Waals surface area contributed by atoms with E-state index in [0.717, 1.165) is 48.0 Å². The molecular weight excluding hydrogens is 440 g/mol. The zero-order valence-electron chi connectivity index (χ0n) is 20.0. The first-order valence-corrected chi connectivity index (χ1v) is 12.7. The van der Waals surface area contributed by atoms with E-state index in [9.17, 15) is 4.79 Å². The second-order valence-corrected chi connectivity index (χ2v) is 10.3. The van der Waals surface area contributed by atoms with Crippen molar-refractivity contribution in [3.05, 3.63) is 87.6 Å². The summed E-state index contributed by atoms with van der Waals surface area (Å²) in [6.07, 6.45) is 1.74. The minimum Gasteiger partial charge on any atom is -0.352 e. The summed E-state index contributed by atoms with van der Waals surface area (Å²) in [6.45, 7) is 9.30. The second-order valence-electron chi connectivity index (χ2n) is 9.06. The van der Waals surface area contributed by atoms with Crippen molar-refractivity contribution in [2.45, 2.75) is 33.6 Å². The van der Waals surface area contributed by atoms with Crippen molar-refractivity contribution in [1.82, 2.24) is 14.9 Å². The van der Waals surface area contributed by atoms with Crippen LogP contribution in [0.2, 0.25) is 0 Å².